The van der Waals surface area contributed by atoms with Gasteiger partial charge in [-0.25, -0.2) is 0 Å². The summed E-state index contributed by atoms with van der Waals surface area (Å²) in [7, 11) is 0. The summed E-state index contributed by atoms with van der Waals surface area (Å²) in [5, 5.41) is 0. The molecule has 0 radical (unpaired) electrons. The zero-order valence-corrected chi connectivity index (χ0v) is 18.0. The lowest BCUT2D eigenvalue weighted by Crippen LogP contribution is -2.47. The molecule has 3 aliphatic heterocycles. The molecule has 1 aromatic heterocycles. The molecule has 160 valence electrons. The lowest BCUT2D eigenvalue weighted by molar-refractivity contribution is 0.260. The number of hydrogen-bond donors (Lipinski definition) is 0. The third-order valence-corrected chi connectivity index (χ3v) is 6.76. The molecule has 5 rings (SSSR count). The van der Waals surface area contributed by atoms with Gasteiger partial charge in [0.2, 0.25) is 5.95 Å². The van der Waals surface area contributed by atoms with Gasteiger partial charge in [0.1, 0.15) is 11.6 Å². The second-order valence-corrected chi connectivity index (χ2v) is 8.84. The number of rotatable bonds is 6. The predicted octanol–water partition coefficient (Wildman–Crippen LogP) is 3.04. The first-order valence-corrected chi connectivity index (χ1v) is 11.8. The molecular formula is C24H34N6. The number of benzene rings is 1. The van der Waals surface area contributed by atoms with Gasteiger partial charge in [0, 0.05) is 65.0 Å². The van der Waals surface area contributed by atoms with E-state index >= 15 is 0 Å². The molecule has 1 aromatic carbocycles. The van der Waals surface area contributed by atoms with E-state index in [1.807, 2.05) is 0 Å². The smallest absolute Gasteiger partial charge is 0.229 e. The predicted molar refractivity (Wildman–Crippen MR) is 124 cm³/mol. The van der Waals surface area contributed by atoms with Crippen molar-refractivity contribution in [1.82, 2.24) is 14.9 Å². The molecule has 3 fully saturated rings. The van der Waals surface area contributed by atoms with Crippen LogP contribution in [0.25, 0.3) is 0 Å². The van der Waals surface area contributed by atoms with Crippen LogP contribution < -0.4 is 14.7 Å². The monoisotopic (exact) mass is 406 g/mol. The third-order valence-electron chi connectivity index (χ3n) is 6.76. The van der Waals surface area contributed by atoms with Crippen LogP contribution in [0.2, 0.25) is 0 Å². The first-order chi connectivity index (χ1) is 14.8. The summed E-state index contributed by atoms with van der Waals surface area (Å²) >= 11 is 0. The standard InChI is InChI=1S/C24H34N6/c1-2-8-21(9-3-1)10-15-27-16-18-29(19-17-27)23-20-22(28-11-4-5-12-28)25-24(26-23)30-13-6-7-14-30/h1-3,8-9,20H,4-7,10-19H2. The molecule has 2 aromatic rings. The fourth-order valence-electron chi connectivity index (χ4n) is 4.87. The second kappa shape index (κ2) is 9.21. The van der Waals surface area contributed by atoms with Crippen molar-refractivity contribution in [2.75, 3.05) is 73.6 Å². The maximum absolute atomic E-state index is 5.02. The summed E-state index contributed by atoms with van der Waals surface area (Å²) in [6.45, 7) is 9.89. The summed E-state index contributed by atoms with van der Waals surface area (Å²) in [6, 6.07) is 13.1. The summed E-state index contributed by atoms with van der Waals surface area (Å²) in [4.78, 5) is 19.9. The van der Waals surface area contributed by atoms with E-state index in [2.05, 4.69) is 56.0 Å². The van der Waals surface area contributed by atoms with Crippen molar-refractivity contribution in [3.8, 4) is 0 Å². The fraction of sp³-hybridized carbons (Fsp3) is 0.583. The summed E-state index contributed by atoms with van der Waals surface area (Å²) < 4.78 is 0. The van der Waals surface area contributed by atoms with Gasteiger partial charge in [-0.3, -0.25) is 4.90 Å². The van der Waals surface area contributed by atoms with E-state index in [1.54, 1.807) is 0 Å². The average molecular weight is 407 g/mol. The topological polar surface area (TPSA) is 38.7 Å². The molecule has 0 spiro atoms. The van der Waals surface area contributed by atoms with Gasteiger partial charge in [-0.05, 0) is 37.7 Å². The van der Waals surface area contributed by atoms with E-state index in [0.717, 1.165) is 82.9 Å². The van der Waals surface area contributed by atoms with Crippen molar-refractivity contribution in [3.05, 3.63) is 42.0 Å². The largest absolute Gasteiger partial charge is 0.356 e. The van der Waals surface area contributed by atoms with Crippen molar-refractivity contribution >= 4 is 17.6 Å². The van der Waals surface area contributed by atoms with Crippen LogP contribution in [-0.4, -0.2) is 73.8 Å². The Morgan fingerprint density at radius 2 is 1.20 bits per heavy atom. The molecule has 0 N–H and O–H groups in total. The highest BCUT2D eigenvalue weighted by atomic mass is 15.3. The van der Waals surface area contributed by atoms with Gasteiger partial charge in [-0.2, -0.15) is 9.97 Å². The van der Waals surface area contributed by atoms with Crippen LogP contribution in [0.4, 0.5) is 17.6 Å². The normalized spacial score (nSPS) is 20.3. The van der Waals surface area contributed by atoms with Crippen molar-refractivity contribution in [3.63, 3.8) is 0 Å². The number of piperazine rings is 1. The van der Waals surface area contributed by atoms with Crippen LogP contribution in [0.3, 0.4) is 0 Å². The minimum Gasteiger partial charge on any atom is -0.356 e. The molecular weight excluding hydrogens is 372 g/mol. The quantitative estimate of drug-likeness (QED) is 0.734. The Balaban J connectivity index is 1.25. The fourth-order valence-corrected chi connectivity index (χ4v) is 4.87. The molecule has 3 aliphatic rings. The van der Waals surface area contributed by atoms with E-state index in [-0.39, 0.29) is 0 Å². The van der Waals surface area contributed by atoms with Gasteiger partial charge in [0.05, 0.1) is 0 Å². The second-order valence-electron chi connectivity index (χ2n) is 8.84. The number of hydrogen-bond acceptors (Lipinski definition) is 6. The molecule has 0 saturated carbocycles. The van der Waals surface area contributed by atoms with Gasteiger partial charge in [-0.15, -0.1) is 0 Å². The summed E-state index contributed by atoms with van der Waals surface area (Å²) in [5.74, 6) is 3.20. The van der Waals surface area contributed by atoms with Gasteiger partial charge < -0.3 is 14.7 Å². The first-order valence-electron chi connectivity index (χ1n) is 11.8. The Morgan fingerprint density at radius 3 is 1.83 bits per heavy atom. The van der Waals surface area contributed by atoms with Crippen molar-refractivity contribution in [2.45, 2.75) is 32.1 Å². The van der Waals surface area contributed by atoms with Crippen molar-refractivity contribution < 1.29 is 0 Å². The number of aromatic nitrogens is 2. The maximum atomic E-state index is 5.02. The van der Waals surface area contributed by atoms with Crippen molar-refractivity contribution in [1.29, 1.82) is 0 Å². The van der Waals surface area contributed by atoms with Crippen LogP contribution in [0, 0.1) is 0 Å². The van der Waals surface area contributed by atoms with Crippen molar-refractivity contribution in [2.24, 2.45) is 0 Å². The van der Waals surface area contributed by atoms with E-state index < -0.39 is 0 Å². The van der Waals surface area contributed by atoms with E-state index in [0.29, 0.717) is 0 Å². The van der Waals surface area contributed by atoms with Gasteiger partial charge >= 0.3 is 0 Å². The molecule has 0 amide bonds. The van der Waals surface area contributed by atoms with Crippen LogP contribution in [0.15, 0.2) is 36.4 Å². The van der Waals surface area contributed by atoms with Gasteiger partial charge in [-0.1, -0.05) is 30.3 Å². The number of anilines is 3. The molecule has 30 heavy (non-hydrogen) atoms. The molecule has 0 aliphatic carbocycles. The van der Waals surface area contributed by atoms with Gasteiger partial charge in [0.15, 0.2) is 0 Å². The minimum absolute atomic E-state index is 0.943. The average Bonchev–Trinajstić information content (AvgIpc) is 3.53. The first kappa shape index (κ1) is 19.6. The molecule has 4 heterocycles. The maximum Gasteiger partial charge on any atom is 0.229 e. The molecule has 0 atom stereocenters. The Labute approximate surface area is 180 Å². The van der Waals surface area contributed by atoms with E-state index in [4.69, 9.17) is 9.97 Å². The summed E-state index contributed by atoms with van der Waals surface area (Å²) in [5.41, 5.74) is 1.43. The molecule has 6 nitrogen and oxygen atoms in total. The van der Waals surface area contributed by atoms with Crippen LogP contribution in [0.1, 0.15) is 31.2 Å². The van der Waals surface area contributed by atoms with E-state index in [1.165, 1.54) is 31.2 Å². The SMILES string of the molecule is c1ccc(CCN2CCN(c3cc(N4CCCC4)nc(N4CCCC4)n3)CC2)cc1. The summed E-state index contributed by atoms with van der Waals surface area (Å²) in [6.07, 6.45) is 6.20. The Bertz CT molecular complexity index is 771. The molecule has 0 bridgehead atoms. The Morgan fingerprint density at radius 1 is 0.633 bits per heavy atom. The zero-order valence-electron chi connectivity index (χ0n) is 18.0. The zero-order chi connectivity index (χ0) is 20.2. The van der Waals surface area contributed by atoms with E-state index in [9.17, 15) is 0 Å². The highest BCUT2D eigenvalue weighted by molar-refractivity contribution is 5.56. The highest BCUT2D eigenvalue weighted by Crippen LogP contribution is 2.27. The molecule has 0 unspecified atom stereocenters. The number of nitrogens with zero attached hydrogens (tertiary/aromatic N) is 6. The van der Waals surface area contributed by atoms with Gasteiger partial charge in [0.25, 0.3) is 0 Å². The van der Waals surface area contributed by atoms with Crippen LogP contribution in [-0.2, 0) is 6.42 Å². The molecule has 3 saturated heterocycles. The highest BCUT2D eigenvalue weighted by Gasteiger charge is 2.24. The van der Waals surface area contributed by atoms with Crippen LogP contribution >= 0.6 is 0 Å². The third kappa shape index (κ3) is 4.53. The Kier molecular flexibility index (Phi) is 6.02. The Hall–Kier alpha value is -2.34. The minimum atomic E-state index is 0.943. The lowest BCUT2D eigenvalue weighted by atomic mass is 10.1. The van der Waals surface area contributed by atoms with Crippen LogP contribution in [0.5, 0.6) is 0 Å². The lowest BCUT2D eigenvalue weighted by Gasteiger charge is -2.36. The molecule has 6 heteroatoms.